The molecule has 0 aromatic heterocycles. The van der Waals surface area contributed by atoms with Crippen LogP contribution in [0.2, 0.25) is 0 Å². The SMILES string of the molecule is CC1=NN(c2ccccc2)C(=O)C1C(=O)CCC(=O)C1C(=O)N(c2ccccc2)N=C1C. The zero-order valence-corrected chi connectivity index (χ0v) is 17.8. The fourth-order valence-electron chi connectivity index (χ4n) is 3.92. The molecule has 162 valence electrons. The molecule has 2 aliphatic heterocycles. The lowest BCUT2D eigenvalue weighted by Crippen LogP contribution is -2.35. The van der Waals surface area contributed by atoms with Crippen molar-refractivity contribution in [3.63, 3.8) is 0 Å². The van der Waals surface area contributed by atoms with Crippen LogP contribution in [0.5, 0.6) is 0 Å². The summed E-state index contributed by atoms with van der Waals surface area (Å²) in [7, 11) is 0. The summed E-state index contributed by atoms with van der Waals surface area (Å²) in [6.45, 7) is 3.25. The topological polar surface area (TPSA) is 99.5 Å². The van der Waals surface area contributed by atoms with E-state index in [4.69, 9.17) is 0 Å². The van der Waals surface area contributed by atoms with Crippen LogP contribution >= 0.6 is 0 Å². The van der Waals surface area contributed by atoms with Crippen LogP contribution in [-0.4, -0.2) is 34.8 Å². The zero-order valence-electron chi connectivity index (χ0n) is 17.8. The van der Waals surface area contributed by atoms with Crippen molar-refractivity contribution in [1.82, 2.24) is 0 Å². The predicted molar refractivity (Wildman–Crippen MR) is 120 cm³/mol. The van der Waals surface area contributed by atoms with Crippen LogP contribution in [0, 0.1) is 11.8 Å². The second-order valence-electron chi connectivity index (χ2n) is 7.75. The minimum Gasteiger partial charge on any atom is -0.298 e. The van der Waals surface area contributed by atoms with Gasteiger partial charge in [0.05, 0.1) is 22.8 Å². The summed E-state index contributed by atoms with van der Waals surface area (Å²) in [4.78, 5) is 51.2. The van der Waals surface area contributed by atoms with Crippen molar-refractivity contribution >= 4 is 46.2 Å². The molecule has 2 heterocycles. The Bertz CT molecular complexity index is 1050. The Labute approximate surface area is 185 Å². The third kappa shape index (κ3) is 3.87. The molecule has 0 N–H and O–H groups in total. The molecule has 2 amide bonds. The molecule has 4 rings (SSSR count). The number of hydrogen-bond donors (Lipinski definition) is 0. The van der Waals surface area contributed by atoms with Gasteiger partial charge in [0.1, 0.15) is 11.8 Å². The van der Waals surface area contributed by atoms with E-state index in [0.717, 1.165) is 0 Å². The van der Waals surface area contributed by atoms with Crippen LogP contribution in [0.4, 0.5) is 11.4 Å². The number of ketones is 2. The molecule has 32 heavy (non-hydrogen) atoms. The van der Waals surface area contributed by atoms with Crippen molar-refractivity contribution in [3.8, 4) is 0 Å². The maximum atomic E-state index is 12.8. The largest absolute Gasteiger partial charge is 0.298 e. The predicted octanol–water partition coefficient (Wildman–Crippen LogP) is 2.98. The first-order chi connectivity index (χ1) is 15.4. The van der Waals surface area contributed by atoms with Crippen molar-refractivity contribution in [2.24, 2.45) is 22.0 Å². The van der Waals surface area contributed by atoms with Gasteiger partial charge in [0, 0.05) is 12.8 Å². The number of anilines is 2. The van der Waals surface area contributed by atoms with Gasteiger partial charge >= 0.3 is 0 Å². The Morgan fingerprint density at radius 2 is 1.03 bits per heavy atom. The number of rotatable bonds is 7. The van der Waals surface area contributed by atoms with Crippen LogP contribution in [-0.2, 0) is 19.2 Å². The molecule has 2 aliphatic rings. The molecule has 2 atom stereocenters. The van der Waals surface area contributed by atoms with Crippen molar-refractivity contribution in [2.45, 2.75) is 26.7 Å². The van der Waals surface area contributed by atoms with Gasteiger partial charge in [0.2, 0.25) is 0 Å². The van der Waals surface area contributed by atoms with E-state index in [0.29, 0.717) is 22.8 Å². The standard InChI is InChI=1S/C24H22N4O4/c1-15-21(23(31)27(25-15)17-9-5-3-6-10-17)19(29)13-14-20(30)22-16(2)26-28(24(22)32)18-11-7-4-8-12-18/h3-12,21-22H,13-14H2,1-2H3. The van der Waals surface area contributed by atoms with E-state index in [1.54, 1.807) is 62.4 Å². The Morgan fingerprint density at radius 1 is 0.688 bits per heavy atom. The van der Waals surface area contributed by atoms with Crippen molar-refractivity contribution in [3.05, 3.63) is 60.7 Å². The van der Waals surface area contributed by atoms with Gasteiger partial charge in [-0.1, -0.05) is 36.4 Å². The van der Waals surface area contributed by atoms with Gasteiger partial charge in [-0.2, -0.15) is 20.2 Å². The molecule has 0 fully saturated rings. The highest BCUT2D eigenvalue weighted by molar-refractivity contribution is 6.29. The van der Waals surface area contributed by atoms with E-state index in [-0.39, 0.29) is 24.4 Å². The quantitative estimate of drug-likeness (QED) is 0.631. The van der Waals surface area contributed by atoms with E-state index in [1.807, 2.05) is 12.1 Å². The lowest BCUT2D eigenvalue weighted by atomic mass is 9.91. The van der Waals surface area contributed by atoms with Crippen LogP contribution in [0.25, 0.3) is 0 Å². The maximum absolute atomic E-state index is 12.8. The number of carbonyl (C=O) groups is 4. The Balaban J connectivity index is 1.40. The summed E-state index contributed by atoms with van der Waals surface area (Å²) in [6.07, 6.45) is -0.291. The Kier molecular flexibility index (Phi) is 5.77. The number of hydrazone groups is 2. The van der Waals surface area contributed by atoms with Gasteiger partial charge in [0.15, 0.2) is 11.6 Å². The molecule has 0 aliphatic carbocycles. The first-order valence-electron chi connectivity index (χ1n) is 10.3. The number of hydrogen-bond acceptors (Lipinski definition) is 6. The normalized spacial score (nSPS) is 20.4. The number of carbonyl (C=O) groups excluding carboxylic acids is 4. The fraction of sp³-hybridized carbons (Fsp3) is 0.250. The van der Waals surface area contributed by atoms with Crippen LogP contribution in [0.1, 0.15) is 26.7 Å². The molecule has 8 heteroatoms. The monoisotopic (exact) mass is 430 g/mol. The molecule has 0 saturated carbocycles. The van der Waals surface area contributed by atoms with E-state index < -0.39 is 23.7 Å². The highest BCUT2D eigenvalue weighted by atomic mass is 16.2. The second kappa shape index (κ2) is 8.66. The van der Waals surface area contributed by atoms with Crippen molar-refractivity contribution in [2.75, 3.05) is 10.0 Å². The molecule has 2 aromatic carbocycles. The van der Waals surface area contributed by atoms with Crippen LogP contribution in [0.15, 0.2) is 70.9 Å². The first kappa shape index (κ1) is 21.3. The smallest absolute Gasteiger partial charge is 0.263 e. The highest BCUT2D eigenvalue weighted by Gasteiger charge is 2.42. The Morgan fingerprint density at radius 3 is 1.38 bits per heavy atom. The number of para-hydroxylation sites is 2. The Hall–Kier alpha value is -3.94. The van der Waals surface area contributed by atoms with Gasteiger partial charge in [-0.15, -0.1) is 0 Å². The minimum absolute atomic E-state index is 0.146. The van der Waals surface area contributed by atoms with E-state index in [1.165, 1.54) is 10.0 Å². The molecule has 0 spiro atoms. The average Bonchev–Trinajstić information content (AvgIpc) is 3.27. The lowest BCUT2D eigenvalue weighted by molar-refractivity contribution is -0.133. The fourth-order valence-corrected chi connectivity index (χ4v) is 3.92. The van der Waals surface area contributed by atoms with Crippen molar-refractivity contribution < 1.29 is 19.2 Å². The maximum Gasteiger partial charge on any atom is 0.263 e. The molecule has 0 bridgehead atoms. The zero-order chi connectivity index (χ0) is 22.8. The summed E-state index contributed by atoms with van der Waals surface area (Å²) in [5.41, 5.74) is 1.93. The van der Waals surface area contributed by atoms with Gasteiger partial charge in [0.25, 0.3) is 11.8 Å². The number of amides is 2. The number of nitrogens with zero attached hydrogens (tertiary/aromatic N) is 4. The third-order valence-electron chi connectivity index (χ3n) is 5.53. The molecular weight excluding hydrogens is 408 g/mol. The molecule has 2 aromatic rings. The molecule has 0 saturated heterocycles. The van der Waals surface area contributed by atoms with Gasteiger partial charge in [-0.3, -0.25) is 19.2 Å². The first-order valence-corrected chi connectivity index (χ1v) is 10.3. The molecule has 0 radical (unpaired) electrons. The van der Waals surface area contributed by atoms with Crippen molar-refractivity contribution in [1.29, 1.82) is 0 Å². The van der Waals surface area contributed by atoms with Gasteiger partial charge in [-0.25, -0.2) is 0 Å². The van der Waals surface area contributed by atoms with Crippen LogP contribution in [0.3, 0.4) is 0 Å². The van der Waals surface area contributed by atoms with E-state index in [2.05, 4.69) is 10.2 Å². The minimum atomic E-state index is -1.02. The third-order valence-corrected chi connectivity index (χ3v) is 5.53. The average molecular weight is 430 g/mol. The van der Waals surface area contributed by atoms with Gasteiger partial charge in [-0.05, 0) is 38.1 Å². The number of Topliss-reactive ketones (excluding diaryl/α,β-unsaturated/α-hetero) is 2. The molecule has 2 unspecified atom stereocenters. The lowest BCUT2D eigenvalue weighted by Gasteiger charge is -2.15. The van der Waals surface area contributed by atoms with E-state index in [9.17, 15) is 19.2 Å². The summed E-state index contributed by atoms with van der Waals surface area (Å²) < 4.78 is 0. The van der Waals surface area contributed by atoms with Gasteiger partial charge < -0.3 is 0 Å². The molecular formula is C24H22N4O4. The summed E-state index contributed by atoms with van der Waals surface area (Å²) in [6, 6.07) is 17.7. The van der Waals surface area contributed by atoms with E-state index >= 15 is 0 Å². The highest BCUT2D eigenvalue weighted by Crippen LogP contribution is 2.27. The number of benzene rings is 2. The summed E-state index contributed by atoms with van der Waals surface area (Å²) in [5.74, 6) is -3.67. The summed E-state index contributed by atoms with van der Waals surface area (Å²) in [5, 5.41) is 10.9. The second-order valence-corrected chi connectivity index (χ2v) is 7.75. The molecule has 8 nitrogen and oxygen atoms in total. The summed E-state index contributed by atoms with van der Waals surface area (Å²) >= 11 is 0. The van der Waals surface area contributed by atoms with Crippen LogP contribution < -0.4 is 10.0 Å².